The molecule has 15 heavy (non-hydrogen) atoms. The fourth-order valence-corrected chi connectivity index (χ4v) is 2.45. The third-order valence-electron chi connectivity index (χ3n) is 4.39. The minimum Gasteiger partial charge on any atom is -0.370 e. The van der Waals surface area contributed by atoms with Gasteiger partial charge in [0.1, 0.15) is 12.1 Å². The van der Waals surface area contributed by atoms with Crippen LogP contribution in [0.5, 0.6) is 0 Å². The highest BCUT2D eigenvalue weighted by Gasteiger charge is 2.64. The fourth-order valence-electron chi connectivity index (χ4n) is 2.45. The van der Waals surface area contributed by atoms with Crippen LogP contribution in [0.1, 0.15) is 27.7 Å². The van der Waals surface area contributed by atoms with Gasteiger partial charge in [-0.25, -0.2) is 9.97 Å². The topological polar surface area (TPSA) is 37.8 Å². The van der Waals surface area contributed by atoms with Gasteiger partial charge in [0.2, 0.25) is 0 Å². The van der Waals surface area contributed by atoms with E-state index < -0.39 is 0 Å². The van der Waals surface area contributed by atoms with Crippen molar-refractivity contribution in [2.75, 3.05) is 11.9 Å². The van der Waals surface area contributed by atoms with Crippen molar-refractivity contribution in [3.8, 4) is 0 Å². The highest BCUT2D eigenvalue weighted by Crippen LogP contribution is 2.68. The summed E-state index contributed by atoms with van der Waals surface area (Å²) in [7, 11) is 0. The predicted octanol–water partition coefficient (Wildman–Crippen LogP) is 2.57. The Kier molecular flexibility index (Phi) is 2.21. The molecule has 3 heteroatoms. The lowest BCUT2D eigenvalue weighted by Gasteiger charge is -2.05. The van der Waals surface area contributed by atoms with Gasteiger partial charge in [0.25, 0.3) is 0 Å². The van der Waals surface area contributed by atoms with Gasteiger partial charge in [0, 0.05) is 12.7 Å². The van der Waals surface area contributed by atoms with E-state index in [0.717, 1.165) is 18.3 Å². The molecule has 1 saturated carbocycles. The van der Waals surface area contributed by atoms with Crippen molar-refractivity contribution in [2.24, 2.45) is 16.7 Å². The minimum absolute atomic E-state index is 0.438. The highest BCUT2D eigenvalue weighted by atomic mass is 15.0. The summed E-state index contributed by atoms with van der Waals surface area (Å²) >= 11 is 0. The lowest BCUT2D eigenvalue weighted by molar-refractivity contribution is 0.457. The van der Waals surface area contributed by atoms with E-state index in [-0.39, 0.29) is 0 Å². The molecule has 3 nitrogen and oxygen atoms in total. The van der Waals surface area contributed by atoms with Crippen molar-refractivity contribution < 1.29 is 0 Å². The van der Waals surface area contributed by atoms with Gasteiger partial charge in [0.15, 0.2) is 0 Å². The van der Waals surface area contributed by atoms with E-state index in [9.17, 15) is 0 Å². The Morgan fingerprint density at radius 2 is 1.93 bits per heavy atom. The first-order valence-electron chi connectivity index (χ1n) is 5.46. The Morgan fingerprint density at radius 3 is 2.40 bits per heavy atom. The molecule has 0 spiro atoms. The number of anilines is 1. The maximum atomic E-state index is 4.15. The molecule has 0 unspecified atom stereocenters. The zero-order valence-electron chi connectivity index (χ0n) is 9.91. The smallest absolute Gasteiger partial charge is 0.129 e. The zero-order chi connectivity index (χ0) is 11.1. The largest absolute Gasteiger partial charge is 0.370 e. The highest BCUT2D eigenvalue weighted by molar-refractivity contribution is 5.33. The van der Waals surface area contributed by atoms with Crippen LogP contribution in [0.3, 0.4) is 0 Å². The normalized spacial score (nSPS) is 22.4. The summed E-state index contributed by atoms with van der Waals surface area (Å²) in [4.78, 5) is 8.05. The number of hydrogen-bond donors (Lipinski definition) is 1. The summed E-state index contributed by atoms with van der Waals surface area (Å²) in [6.45, 7) is 10.3. The van der Waals surface area contributed by atoms with Crippen molar-refractivity contribution in [1.82, 2.24) is 9.97 Å². The molecular weight excluding hydrogens is 186 g/mol. The van der Waals surface area contributed by atoms with E-state index in [1.165, 1.54) is 0 Å². The first-order chi connectivity index (χ1) is 6.96. The van der Waals surface area contributed by atoms with Crippen molar-refractivity contribution in [1.29, 1.82) is 0 Å². The first-order valence-corrected chi connectivity index (χ1v) is 5.46. The third kappa shape index (κ3) is 1.60. The van der Waals surface area contributed by atoms with Gasteiger partial charge >= 0.3 is 0 Å². The van der Waals surface area contributed by atoms with E-state index >= 15 is 0 Å². The Labute approximate surface area is 91.3 Å². The number of rotatable bonds is 3. The molecule has 0 bridgehead atoms. The van der Waals surface area contributed by atoms with Gasteiger partial charge in [-0.05, 0) is 22.8 Å². The Balaban J connectivity index is 1.92. The van der Waals surface area contributed by atoms with Gasteiger partial charge in [-0.1, -0.05) is 27.7 Å². The summed E-state index contributed by atoms with van der Waals surface area (Å²) in [5.74, 6) is 1.64. The molecule has 0 amide bonds. The van der Waals surface area contributed by atoms with Crippen LogP contribution in [0.4, 0.5) is 5.82 Å². The van der Waals surface area contributed by atoms with Crippen LogP contribution in [0.25, 0.3) is 0 Å². The maximum Gasteiger partial charge on any atom is 0.129 e. The third-order valence-corrected chi connectivity index (χ3v) is 4.39. The van der Waals surface area contributed by atoms with Gasteiger partial charge < -0.3 is 5.32 Å². The molecule has 0 atom stereocenters. The van der Waals surface area contributed by atoms with E-state index in [4.69, 9.17) is 0 Å². The summed E-state index contributed by atoms with van der Waals surface area (Å²) in [5.41, 5.74) is 0.875. The van der Waals surface area contributed by atoms with E-state index in [1.807, 2.05) is 6.07 Å². The average molecular weight is 205 g/mol. The lowest BCUT2D eigenvalue weighted by Crippen LogP contribution is -2.09. The summed E-state index contributed by atoms with van der Waals surface area (Å²) < 4.78 is 0. The van der Waals surface area contributed by atoms with Gasteiger partial charge in [-0.3, -0.25) is 0 Å². The Morgan fingerprint density at radius 1 is 1.27 bits per heavy atom. The van der Waals surface area contributed by atoms with Crippen LogP contribution >= 0.6 is 0 Å². The number of hydrogen-bond acceptors (Lipinski definition) is 3. The summed E-state index contributed by atoms with van der Waals surface area (Å²) in [5, 5.41) is 3.37. The van der Waals surface area contributed by atoms with Crippen molar-refractivity contribution >= 4 is 5.82 Å². The molecule has 1 aliphatic rings. The molecule has 0 radical (unpaired) electrons. The van der Waals surface area contributed by atoms with Crippen molar-refractivity contribution in [3.05, 3.63) is 18.6 Å². The molecule has 1 N–H and O–H groups in total. The van der Waals surface area contributed by atoms with Crippen molar-refractivity contribution in [3.63, 3.8) is 0 Å². The number of aromatic nitrogens is 2. The molecule has 1 heterocycles. The number of nitrogens with zero attached hydrogens (tertiary/aromatic N) is 2. The summed E-state index contributed by atoms with van der Waals surface area (Å²) in [6.07, 6.45) is 3.34. The Bertz CT molecular complexity index is 329. The second-order valence-electron chi connectivity index (χ2n) is 5.47. The monoisotopic (exact) mass is 205 g/mol. The standard InChI is InChI=1S/C12H19N3/c1-11(2)9(12(11,3)4)7-14-10-5-6-13-8-15-10/h5-6,8-9H,7H2,1-4H3,(H,13,14,15). The molecule has 1 aromatic heterocycles. The predicted molar refractivity (Wildman–Crippen MR) is 61.6 cm³/mol. The van der Waals surface area contributed by atoms with Crippen LogP contribution in [0.15, 0.2) is 18.6 Å². The van der Waals surface area contributed by atoms with Gasteiger partial charge in [-0.2, -0.15) is 0 Å². The average Bonchev–Trinajstić information content (AvgIpc) is 2.57. The lowest BCUT2D eigenvalue weighted by atomic mass is 10.0. The van der Waals surface area contributed by atoms with E-state index in [1.54, 1.807) is 12.5 Å². The SMILES string of the molecule is CC1(C)C(CNc2ccncn2)C1(C)C. The molecule has 0 aromatic carbocycles. The molecule has 0 aliphatic heterocycles. The van der Waals surface area contributed by atoms with E-state index in [0.29, 0.717) is 10.8 Å². The maximum absolute atomic E-state index is 4.15. The second-order valence-corrected chi connectivity index (χ2v) is 5.47. The minimum atomic E-state index is 0.438. The molecule has 1 aromatic rings. The van der Waals surface area contributed by atoms with Crippen LogP contribution in [-0.2, 0) is 0 Å². The van der Waals surface area contributed by atoms with E-state index in [2.05, 4.69) is 43.0 Å². The Hall–Kier alpha value is -1.12. The molecule has 82 valence electrons. The van der Waals surface area contributed by atoms with Crippen LogP contribution < -0.4 is 5.32 Å². The molecule has 2 rings (SSSR count). The fraction of sp³-hybridized carbons (Fsp3) is 0.667. The first kappa shape index (κ1) is 10.4. The molecular formula is C12H19N3. The van der Waals surface area contributed by atoms with Crippen LogP contribution in [0.2, 0.25) is 0 Å². The quantitative estimate of drug-likeness (QED) is 0.824. The van der Waals surface area contributed by atoms with Gasteiger partial charge in [0.05, 0.1) is 0 Å². The zero-order valence-corrected chi connectivity index (χ0v) is 9.91. The molecule has 0 saturated heterocycles. The van der Waals surface area contributed by atoms with Crippen LogP contribution in [0, 0.1) is 16.7 Å². The summed E-state index contributed by atoms with van der Waals surface area (Å²) in [6, 6.07) is 1.91. The van der Waals surface area contributed by atoms with Crippen molar-refractivity contribution in [2.45, 2.75) is 27.7 Å². The molecule has 1 aliphatic carbocycles. The molecule has 1 fully saturated rings. The van der Waals surface area contributed by atoms with Crippen LogP contribution in [-0.4, -0.2) is 16.5 Å². The second kappa shape index (κ2) is 3.19. The van der Waals surface area contributed by atoms with Gasteiger partial charge in [-0.15, -0.1) is 0 Å². The number of nitrogens with one attached hydrogen (secondary N) is 1.